The van der Waals surface area contributed by atoms with Gasteiger partial charge in [0.05, 0.1) is 17.6 Å². The average Bonchev–Trinajstić information content (AvgIpc) is 3.12. The molecule has 0 spiro atoms. The topological polar surface area (TPSA) is 59.3 Å². The van der Waals surface area contributed by atoms with Gasteiger partial charge in [-0.3, -0.25) is 4.57 Å². The van der Waals surface area contributed by atoms with Gasteiger partial charge in [-0.05, 0) is 36.4 Å². The number of imidazole rings is 1. The smallest absolute Gasteiger partial charge is 0.145 e. The van der Waals surface area contributed by atoms with Crippen molar-refractivity contribution in [3.8, 4) is 17.1 Å². The number of ether oxygens (including phenoxy) is 1. The van der Waals surface area contributed by atoms with Crippen molar-refractivity contribution in [1.29, 1.82) is 0 Å². The fraction of sp³-hybridized carbons (Fsp3) is 0.136. The second kappa shape index (κ2) is 6.96. The summed E-state index contributed by atoms with van der Waals surface area (Å²) >= 11 is 3.70. The average molecular weight is 436 g/mol. The monoisotopic (exact) mass is 435 g/mol. The van der Waals surface area contributed by atoms with Gasteiger partial charge in [-0.25, -0.2) is 4.98 Å². The predicted molar refractivity (Wildman–Crippen MR) is 114 cm³/mol. The molecule has 6 heteroatoms. The van der Waals surface area contributed by atoms with E-state index in [1.54, 1.807) is 0 Å². The highest BCUT2D eigenvalue weighted by Gasteiger charge is 2.29. The summed E-state index contributed by atoms with van der Waals surface area (Å²) in [6.07, 6.45) is -0.112. The standard InChI is InChI=1S/C22H18BrN3O2/c23-17-13-14(28-12-11-27)9-10-15(17)21-24-18-6-2-1-5-16(18)22-25-19-7-3-4-8-20(19)26(21)22/h1-10,13,21,24,27H,11-12H2/t21-/m1/s1. The minimum Gasteiger partial charge on any atom is -0.491 e. The first-order chi connectivity index (χ1) is 13.8. The Kier molecular flexibility index (Phi) is 4.30. The molecule has 5 rings (SSSR count). The molecule has 2 heterocycles. The van der Waals surface area contributed by atoms with E-state index in [2.05, 4.69) is 44.0 Å². The van der Waals surface area contributed by atoms with Crippen molar-refractivity contribution in [2.24, 2.45) is 0 Å². The van der Waals surface area contributed by atoms with Crippen LogP contribution in [0.2, 0.25) is 0 Å². The quantitative estimate of drug-likeness (QED) is 0.482. The summed E-state index contributed by atoms with van der Waals surface area (Å²) in [5, 5.41) is 12.6. The maximum absolute atomic E-state index is 8.98. The third-order valence-corrected chi connectivity index (χ3v) is 5.63. The van der Waals surface area contributed by atoms with Crippen molar-refractivity contribution in [2.75, 3.05) is 18.5 Å². The van der Waals surface area contributed by atoms with E-state index < -0.39 is 0 Å². The number of fused-ring (bicyclic) bond motifs is 5. The Labute approximate surface area is 170 Å². The van der Waals surface area contributed by atoms with E-state index in [1.165, 1.54) is 0 Å². The van der Waals surface area contributed by atoms with E-state index in [0.717, 1.165) is 43.9 Å². The number of benzene rings is 3. The molecule has 2 N–H and O–H groups in total. The molecule has 0 saturated carbocycles. The van der Waals surface area contributed by atoms with Crippen LogP contribution in [0.5, 0.6) is 5.75 Å². The fourth-order valence-corrected chi connectivity index (χ4v) is 4.29. The summed E-state index contributed by atoms with van der Waals surface area (Å²) < 4.78 is 8.72. The van der Waals surface area contributed by atoms with Crippen molar-refractivity contribution in [3.05, 3.63) is 76.8 Å². The number of aromatic nitrogens is 2. The third-order valence-electron chi connectivity index (χ3n) is 4.94. The van der Waals surface area contributed by atoms with Crippen LogP contribution in [0.15, 0.2) is 71.2 Å². The third kappa shape index (κ3) is 2.77. The Bertz CT molecular complexity index is 1170. The number of halogens is 1. The van der Waals surface area contributed by atoms with Crippen molar-refractivity contribution < 1.29 is 9.84 Å². The summed E-state index contributed by atoms with van der Waals surface area (Å²) in [6, 6.07) is 22.3. The predicted octanol–water partition coefficient (Wildman–Crippen LogP) is 4.81. The molecule has 0 saturated heterocycles. The Morgan fingerprint density at radius 2 is 1.89 bits per heavy atom. The highest BCUT2D eigenvalue weighted by molar-refractivity contribution is 9.10. The Balaban J connectivity index is 1.68. The molecule has 0 bridgehead atoms. The van der Waals surface area contributed by atoms with Gasteiger partial charge in [0, 0.05) is 21.3 Å². The lowest BCUT2D eigenvalue weighted by atomic mass is 10.1. The van der Waals surface area contributed by atoms with E-state index in [9.17, 15) is 0 Å². The second-order valence-corrected chi connectivity index (χ2v) is 7.50. The Morgan fingerprint density at radius 3 is 2.75 bits per heavy atom. The molecule has 140 valence electrons. The van der Waals surface area contributed by atoms with E-state index in [0.29, 0.717) is 0 Å². The van der Waals surface area contributed by atoms with Gasteiger partial charge in [-0.15, -0.1) is 0 Å². The number of rotatable bonds is 4. The van der Waals surface area contributed by atoms with E-state index >= 15 is 0 Å². The molecule has 0 unspecified atom stereocenters. The highest BCUT2D eigenvalue weighted by atomic mass is 79.9. The lowest BCUT2D eigenvalue weighted by Crippen LogP contribution is -2.25. The molecule has 1 aromatic heterocycles. The lowest BCUT2D eigenvalue weighted by Gasteiger charge is -2.31. The van der Waals surface area contributed by atoms with Gasteiger partial charge in [0.15, 0.2) is 0 Å². The lowest BCUT2D eigenvalue weighted by molar-refractivity contribution is 0.201. The zero-order chi connectivity index (χ0) is 19.1. The first-order valence-electron chi connectivity index (χ1n) is 9.12. The highest BCUT2D eigenvalue weighted by Crippen LogP contribution is 2.42. The zero-order valence-corrected chi connectivity index (χ0v) is 16.6. The summed E-state index contributed by atoms with van der Waals surface area (Å²) in [5.74, 6) is 1.67. The minimum atomic E-state index is -0.112. The number of hydrogen-bond donors (Lipinski definition) is 2. The van der Waals surface area contributed by atoms with Crippen molar-refractivity contribution in [2.45, 2.75) is 6.17 Å². The van der Waals surface area contributed by atoms with Crippen LogP contribution in [0, 0.1) is 0 Å². The van der Waals surface area contributed by atoms with Crippen LogP contribution in [0.3, 0.4) is 0 Å². The van der Waals surface area contributed by atoms with Crippen LogP contribution in [-0.2, 0) is 0 Å². The number of aliphatic hydroxyl groups excluding tert-OH is 1. The van der Waals surface area contributed by atoms with Crippen LogP contribution in [0.25, 0.3) is 22.4 Å². The molecule has 0 radical (unpaired) electrons. The van der Waals surface area contributed by atoms with Gasteiger partial charge >= 0.3 is 0 Å². The van der Waals surface area contributed by atoms with Gasteiger partial charge in [0.1, 0.15) is 24.3 Å². The Morgan fingerprint density at radius 1 is 1.07 bits per heavy atom. The Hall–Kier alpha value is -2.83. The van der Waals surface area contributed by atoms with Crippen molar-refractivity contribution >= 4 is 32.7 Å². The first-order valence-corrected chi connectivity index (χ1v) is 9.91. The van der Waals surface area contributed by atoms with Crippen molar-refractivity contribution in [3.63, 3.8) is 0 Å². The van der Waals surface area contributed by atoms with Crippen molar-refractivity contribution in [1.82, 2.24) is 9.55 Å². The number of aliphatic hydroxyl groups is 1. The molecular weight excluding hydrogens is 418 g/mol. The molecule has 0 aliphatic carbocycles. The van der Waals surface area contributed by atoms with Gasteiger partial charge in [0.2, 0.25) is 0 Å². The maximum atomic E-state index is 8.98. The van der Waals surface area contributed by atoms with Crippen LogP contribution in [0.4, 0.5) is 5.69 Å². The molecule has 4 aromatic rings. The number of para-hydroxylation sites is 3. The molecule has 1 atom stereocenters. The number of nitrogens with zero attached hydrogens (tertiary/aromatic N) is 2. The van der Waals surface area contributed by atoms with Gasteiger partial charge in [-0.1, -0.05) is 46.3 Å². The normalized spacial score (nSPS) is 15.0. The fourth-order valence-electron chi connectivity index (χ4n) is 3.71. The van der Waals surface area contributed by atoms with Gasteiger partial charge in [-0.2, -0.15) is 0 Å². The zero-order valence-electron chi connectivity index (χ0n) is 15.0. The minimum absolute atomic E-state index is 0.00921. The van der Waals surface area contributed by atoms with Crippen LogP contribution in [0.1, 0.15) is 11.7 Å². The van der Waals surface area contributed by atoms with Crippen LogP contribution < -0.4 is 10.1 Å². The van der Waals surface area contributed by atoms with E-state index in [-0.39, 0.29) is 19.4 Å². The number of nitrogens with one attached hydrogen (secondary N) is 1. The number of hydrogen-bond acceptors (Lipinski definition) is 4. The molecule has 1 aliphatic rings. The van der Waals surface area contributed by atoms with Crippen LogP contribution in [-0.4, -0.2) is 27.9 Å². The largest absolute Gasteiger partial charge is 0.491 e. The molecule has 28 heavy (non-hydrogen) atoms. The molecular formula is C22H18BrN3O2. The first kappa shape index (κ1) is 17.3. The molecule has 0 amide bonds. The molecule has 0 fully saturated rings. The summed E-state index contributed by atoms with van der Waals surface area (Å²) in [7, 11) is 0. The van der Waals surface area contributed by atoms with Gasteiger partial charge < -0.3 is 15.2 Å². The molecule has 5 nitrogen and oxygen atoms in total. The van der Waals surface area contributed by atoms with E-state index in [1.807, 2.05) is 48.5 Å². The van der Waals surface area contributed by atoms with E-state index in [4.69, 9.17) is 14.8 Å². The molecule has 1 aliphatic heterocycles. The van der Waals surface area contributed by atoms with Gasteiger partial charge in [0.25, 0.3) is 0 Å². The second-order valence-electron chi connectivity index (χ2n) is 6.64. The SMILES string of the molecule is OCCOc1ccc([C@@H]2Nc3ccccc3-c3nc4ccccc4n32)c(Br)c1. The van der Waals surface area contributed by atoms with Crippen LogP contribution >= 0.6 is 15.9 Å². The summed E-state index contributed by atoms with van der Waals surface area (Å²) in [6.45, 7) is 0.266. The maximum Gasteiger partial charge on any atom is 0.145 e. The summed E-state index contributed by atoms with van der Waals surface area (Å²) in [5.41, 5.74) is 5.28. The molecule has 3 aromatic carbocycles. The summed E-state index contributed by atoms with van der Waals surface area (Å²) in [4.78, 5) is 4.91. The number of anilines is 1.